The number of esters is 2. The second-order valence-electron chi connectivity index (χ2n) is 7.65. The number of carbonyl (C=O) groups is 2. The largest absolute Gasteiger partial charge is 0.461 e. The van der Waals surface area contributed by atoms with Gasteiger partial charge in [0.15, 0.2) is 0 Å². The fourth-order valence-electron chi connectivity index (χ4n) is 4.82. The van der Waals surface area contributed by atoms with Crippen LogP contribution < -0.4 is 0 Å². The number of hydrogen-bond donors (Lipinski definition) is 0. The first kappa shape index (κ1) is 16.6. The van der Waals surface area contributed by atoms with Gasteiger partial charge in [-0.1, -0.05) is 24.3 Å². The van der Waals surface area contributed by atoms with Crippen molar-refractivity contribution in [2.24, 2.45) is 23.7 Å². The number of cyclic esters (lactones) is 1. The molecule has 0 amide bonds. The van der Waals surface area contributed by atoms with E-state index in [1.165, 1.54) is 11.1 Å². The molecule has 2 saturated carbocycles. The predicted octanol–water partition coefficient (Wildman–Crippen LogP) is 2.92. The van der Waals surface area contributed by atoms with E-state index in [0.717, 1.165) is 25.7 Å². The van der Waals surface area contributed by atoms with Crippen LogP contribution >= 0.6 is 0 Å². The van der Waals surface area contributed by atoms with Gasteiger partial charge in [-0.2, -0.15) is 0 Å². The van der Waals surface area contributed by atoms with E-state index >= 15 is 0 Å². The van der Waals surface area contributed by atoms with E-state index in [-0.39, 0.29) is 42.4 Å². The van der Waals surface area contributed by atoms with Gasteiger partial charge in [-0.25, -0.2) is 4.79 Å². The van der Waals surface area contributed by atoms with E-state index in [9.17, 15) is 9.59 Å². The quantitative estimate of drug-likeness (QED) is 0.582. The molecule has 0 N–H and O–H groups in total. The van der Waals surface area contributed by atoms with Crippen molar-refractivity contribution in [1.29, 1.82) is 0 Å². The molecule has 2 heterocycles. The van der Waals surface area contributed by atoms with Crippen molar-refractivity contribution >= 4 is 11.9 Å². The van der Waals surface area contributed by atoms with E-state index in [2.05, 4.69) is 13.2 Å². The molecule has 2 aliphatic carbocycles. The van der Waals surface area contributed by atoms with Gasteiger partial charge >= 0.3 is 11.9 Å². The zero-order valence-electron chi connectivity index (χ0n) is 14.5. The summed E-state index contributed by atoms with van der Waals surface area (Å²) >= 11 is 0. The third-order valence-corrected chi connectivity index (χ3v) is 6.22. The van der Waals surface area contributed by atoms with Crippen molar-refractivity contribution in [2.45, 2.75) is 45.0 Å². The van der Waals surface area contributed by atoms with Crippen LogP contribution in [-0.4, -0.2) is 30.9 Å². The molecule has 5 heteroatoms. The maximum Gasteiger partial charge on any atom is 0.336 e. The van der Waals surface area contributed by atoms with Gasteiger partial charge in [-0.15, -0.1) is 0 Å². The van der Waals surface area contributed by atoms with Crippen molar-refractivity contribution < 1.29 is 23.8 Å². The van der Waals surface area contributed by atoms with Gasteiger partial charge in [-0.05, 0) is 44.6 Å². The monoisotopic (exact) mass is 344 g/mol. The molecule has 0 aromatic heterocycles. The van der Waals surface area contributed by atoms with Crippen molar-refractivity contribution in [3.63, 3.8) is 0 Å². The van der Waals surface area contributed by atoms with Gasteiger partial charge in [-0.3, -0.25) is 4.79 Å². The zero-order valence-corrected chi connectivity index (χ0v) is 14.5. The molecule has 4 rings (SSSR count). The van der Waals surface area contributed by atoms with Gasteiger partial charge in [0.2, 0.25) is 6.29 Å². The minimum atomic E-state index is -0.700. The molecule has 134 valence electrons. The summed E-state index contributed by atoms with van der Waals surface area (Å²) in [6, 6.07) is 0. The van der Waals surface area contributed by atoms with E-state index in [0.29, 0.717) is 11.5 Å². The highest BCUT2D eigenvalue weighted by Crippen LogP contribution is 2.52. The van der Waals surface area contributed by atoms with E-state index < -0.39 is 6.29 Å². The second kappa shape index (κ2) is 6.13. The maximum atomic E-state index is 12.5. The molecule has 0 spiro atoms. The lowest BCUT2D eigenvalue weighted by molar-refractivity contribution is -0.162. The molecule has 3 fully saturated rings. The number of rotatable bonds is 3. The molecule has 25 heavy (non-hydrogen) atoms. The van der Waals surface area contributed by atoms with E-state index in [1.54, 1.807) is 13.0 Å². The average molecular weight is 344 g/mol. The van der Waals surface area contributed by atoms with Gasteiger partial charge in [0.05, 0.1) is 12.5 Å². The molecule has 6 atom stereocenters. The van der Waals surface area contributed by atoms with Crippen molar-refractivity contribution in [2.75, 3.05) is 6.61 Å². The summed E-state index contributed by atoms with van der Waals surface area (Å²) < 4.78 is 16.6. The Hall–Kier alpha value is -1.88. The van der Waals surface area contributed by atoms with Gasteiger partial charge < -0.3 is 14.2 Å². The topological polar surface area (TPSA) is 61.8 Å². The highest BCUT2D eigenvalue weighted by molar-refractivity contribution is 5.89. The standard InChI is InChI=1S/C20H24O5/c1-10-4-7-14-15(9-23-16-8-12(3)19(21)24-16)20(22)25-18(14)17-11(2)5-6-13(10)17/h8,13-18H,1-2,4-7,9H2,3H3/t13-,14-,15+,16?,17-,18-/m0/s1. The van der Waals surface area contributed by atoms with Crippen LogP contribution in [0.4, 0.5) is 0 Å². The molecule has 0 bridgehead atoms. The molecular weight excluding hydrogens is 320 g/mol. The summed E-state index contributed by atoms with van der Waals surface area (Å²) in [6.45, 7) is 10.4. The summed E-state index contributed by atoms with van der Waals surface area (Å²) in [5, 5.41) is 0. The molecule has 0 radical (unpaired) electrons. The molecule has 0 aromatic carbocycles. The van der Waals surface area contributed by atoms with Crippen molar-refractivity contribution in [3.05, 3.63) is 36.0 Å². The first-order valence-corrected chi connectivity index (χ1v) is 9.02. The van der Waals surface area contributed by atoms with Crippen LogP contribution in [0.5, 0.6) is 0 Å². The Morgan fingerprint density at radius 1 is 1.16 bits per heavy atom. The highest BCUT2D eigenvalue weighted by Gasteiger charge is 2.53. The van der Waals surface area contributed by atoms with E-state index in [4.69, 9.17) is 14.2 Å². The Bertz CT molecular complexity index is 676. The summed E-state index contributed by atoms with van der Waals surface area (Å²) in [6.07, 6.45) is 4.66. The maximum absolute atomic E-state index is 12.5. The van der Waals surface area contributed by atoms with Crippen LogP contribution in [0.2, 0.25) is 0 Å². The fraction of sp³-hybridized carbons (Fsp3) is 0.600. The number of ether oxygens (including phenoxy) is 3. The lowest BCUT2D eigenvalue weighted by Crippen LogP contribution is -2.31. The molecule has 1 saturated heterocycles. The molecular formula is C20H24O5. The predicted molar refractivity (Wildman–Crippen MR) is 90.2 cm³/mol. The normalized spacial score (nSPS) is 40.3. The molecule has 2 aliphatic heterocycles. The number of allylic oxidation sites excluding steroid dienone is 1. The molecule has 5 nitrogen and oxygen atoms in total. The smallest absolute Gasteiger partial charge is 0.336 e. The molecule has 4 aliphatic rings. The summed E-state index contributed by atoms with van der Waals surface area (Å²) in [5.41, 5.74) is 2.98. The second-order valence-corrected chi connectivity index (χ2v) is 7.65. The first-order chi connectivity index (χ1) is 12.0. The molecule has 1 unspecified atom stereocenters. The minimum Gasteiger partial charge on any atom is -0.461 e. The molecule has 0 aromatic rings. The Morgan fingerprint density at radius 2 is 1.92 bits per heavy atom. The number of fused-ring (bicyclic) bond motifs is 3. The Labute approximate surface area is 147 Å². The van der Waals surface area contributed by atoms with Crippen LogP contribution in [0.3, 0.4) is 0 Å². The van der Waals surface area contributed by atoms with Gasteiger partial charge in [0, 0.05) is 17.4 Å². The SMILES string of the molecule is C=C1CC[C@H]2C(=C)CC[C@@H]3[C@H](OC(=O)[C@@H]3COC3C=C(C)C(=O)O3)[C@@H]12. The van der Waals surface area contributed by atoms with Crippen molar-refractivity contribution in [3.8, 4) is 0 Å². The Kier molecular flexibility index (Phi) is 4.07. The summed E-state index contributed by atoms with van der Waals surface area (Å²) in [5.74, 6) is -0.204. The van der Waals surface area contributed by atoms with Crippen molar-refractivity contribution in [1.82, 2.24) is 0 Å². The number of carbonyl (C=O) groups excluding carboxylic acids is 2. The summed E-state index contributed by atoms with van der Waals surface area (Å²) in [7, 11) is 0. The lowest BCUT2D eigenvalue weighted by Gasteiger charge is -2.27. The lowest BCUT2D eigenvalue weighted by atomic mass is 9.80. The van der Waals surface area contributed by atoms with Crippen LogP contribution in [0.15, 0.2) is 36.0 Å². The van der Waals surface area contributed by atoms with Crippen LogP contribution in [-0.2, 0) is 23.8 Å². The van der Waals surface area contributed by atoms with Crippen LogP contribution in [0.1, 0.15) is 32.6 Å². The van der Waals surface area contributed by atoms with E-state index in [1.807, 2.05) is 0 Å². The first-order valence-electron chi connectivity index (χ1n) is 9.02. The Balaban J connectivity index is 1.49. The Morgan fingerprint density at radius 3 is 2.64 bits per heavy atom. The summed E-state index contributed by atoms with van der Waals surface area (Å²) in [4.78, 5) is 23.9. The van der Waals surface area contributed by atoms with Crippen LogP contribution in [0.25, 0.3) is 0 Å². The van der Waals surface area contributed by atoms with Gasteiger partial charge in [0.1, 0.15) is 6.10 Å². The third-order valence-electron chi connectivity index (χ3n) is 6.22. The van der Waals surface area contributed by atoms with Gasteiger partial charge in [0.25, 0.3) is 0 Å². The number of hydrogen-bond acceptors (Lipinski definition) is 5. The highest BCUT2D eigenvalue weighted by atomic mass is 16.7. The minimum absolute atomic E-state index is 0.108. The third kappa shape index (κ3) is 2.74. The average Bonchev–Trinajstić information content (AvgIpc) is 3.17. The van der Waals surface area contributed by atoms with Crippen LogP contribution in [0, 0.1) is 23.7 Å². The fourth-order valence-corrected chi connectivity index (χ4v) is 4.82. The zero-order chi connectivity index (χ0) is 17.7.